The Morgan fingerprint density at radius 3 is 2.24 bits per heavy atom. The number of benzene rings is 2. The summed E-state index contributed by atoms with van der Waals surface area (Å²) in [5.74, 6) is -4.95. The van der Waals surface area contributed by atoms with Gasteiger partial charge in [-0.3, -0.25) is 4.72 Å². The Balaban J connectivity index is 2.48. The van der Waals surface area contributed by atoms with Crippen LogP contribution in [-0.4, -0.2) is 8.42 Å². The maximum Gasteiger partial charge on any atom is 0.265 e. The standard InChI is InChI=1S/C12H6F4INO2S/c13-6-2-1-3-9(10(6)15)21(19,20)18-8-5-4-7(14)12(17)11(8)16/h1-5,18H. The molecule has 0 amide bonds. The van der Waals surface area contributed by atoms with Gasteiger partial charge in [0, 0.05) is 0 Å². The zero-order chi connectivity index (χ0) is 15.8. The number of hydrogen-bond acceptors (Lipinski definition) is 2. The van der Waals surface area contributed by atoms with E-state index >= 15 is 0 Å². The summed E-state index contributed by atoms with van der Waals surface area (Å²) in [5.41, 5.74) is -0.565. The highest BCUT2D eigenvalue weighted by Crippen LogP contribution is 2.26. The van der Waals surface area contributed by atoms with Crippen LogP contribution in [-0.2, 0) is 10.0 Å². The molecule has 0 saturated carbocycles. The van der Waals surface area contributed by atoms with E-state index in [0.29, 0.717) is 0 Å². The van der Waals surface area contributed by atoms with Crippen molar-refractivity contribution in [1.29, 1.82) is 0 Å². The monoisotopic (exact) mass is 431 g/mol. The van der Waals surface area contributed by atoms with Crippen molar-refractivity contribution in [3.8, 4) is 0 Å². The van der Waals surface area contributed by atoms with Crippen LogP contribution < -0.4 is 4.72 Å². The molecule has 0 unspecified atom stereocenters. The minimum atomic E-state index is -4.55. The summed E-state index contributed by atoms with van der Waals surface area (Å²) in [6.07, 6.45) is 0. The average Bonchev–Trinajstić information content (AvgIpc) is 2.42. The minimum absolute atomic E-state index is 0.424. The number of rotatable bonds is 3. The van der Waals surface area contributed by atoms with Crippen LogP contribution in [0.5, 0.6) is 0 Å². The first-order chi connectivity index (χ1) is 9.74. The molecule has 0 radical (unpaired) electrons. The summed E-state index contributed by atoms with van der Waals surface area (Å²) < 4.78 is 78.6. The van der Waals surface area contributed by atoms with E-state index in [2.05, 4.69) is 0 Å². The molecule has 0 fully saturated rings. The maximum absolute atomic E-state index is 13.7. The Labute approximate surface area is 131 Å². The normalized spacial score (nSPS) is 11.5. The zero-order valence-electron chi connectivity index (χ0n) is 10.0. The Kier molecular flexibility index (Phi) is 4.42. The van der Waals surface area contributed by atoms with Crippen molar-refractivity contribution in [2.24, 2.45) is 0 Å². The van der Waals surface area contributed by atoms with Gasteiger partial charge in [0.15, 0.2) is 17.5 Å². The van der Waals surface area contributed by atoms with E-state index in [0.717, 1.165) is 30.3 Å². The highest BCUT2D eigenvalue weighted by atomic mass is 127. The molecule has 0 heterocycles. The lowest BCUT2D eigenvalue weighted by atomic mass is 10.3. The van der Waals surface area contributed by atoms with Crippen molar-refractivity contribution in [3.05, 3.63) is 57.2 Å². The molecule has 0 aromatic heterocycles. The zero-order valence-corrected chi connectivity index (χ0v) is 13.0. The van der Waals surface area contributed by atoms with Gasteiger partial charge in [-0.25, -0.2) is 26.0 Å². The van der Waals surface area contributed by atoms with Gasteiger partial charge < -0.3 is 0 Å². The van der Waals surface area contributed by atoms with E-state index in [9.17, 15) is 26.0 Å². The molecule has 0 spiro atoms. The number of nitrogens with one attached hydrogen (secondary N) is 1. The van der Waals surface area contributed by atoms with Crippen LogP contribution >= 0.6 is 22.6 Å². The van der Waals surface area contributed by atoms with Gasteiger partial charge in [-0.05, 0) is 46.9 Å². The fourth-order valence-corrected chi connectivity index (χ4v) is 3.11. The molecule has 9 heteroatoms. The van der Waals surface area contributed by atoms with Crippen LogP contribution in [0.15, 0.2) is 35.2 Å². The van der Waals surface area contributed by atoms with E-state index in [1.807, 2.05) is 0 Å². The van der Waals surface area contributed by atoms with Crippen LogP contribution in [0.3, 0.4) is 0 Å². The second-order valence-electron chi connectivity index (χ2n) is 3.88. The summed E-state index contributed by atoms with van der Waals surface area (Å²) in [6.45, 7) is 0. The summed E-state index contributed by atoms with van der Waals surface area (Å²) in [4.78, 5) is -0.971. The molecular weight excluding hydrogens is 425 g/mol. The Morgan fingerprint density at radius 2 is 1.57 bits per heavy atom. The lowest BCUT2D eigenvalue weighted by molar-refractivity contribution is 0.485. The third-order valence-electron chi connectivity index (χ3n) is 2.49. The second kappa shape index (κ2) is 5.79. The minimum Gasteiger partial charge on any atom is -0.277 e. The van der Waals surface area contributed by atoms with Gasteiger partial charge in [-0.2, -0.15) is 0 Å². The van der Waals surface area contributed by atoms with Crippen LogP contribution in [0.4, 0.5) is 23.2 Å². The Morgan fingerprint density at radius 1 is 0.905 bits per heavy atom. The van der Waals surface area contributed by atoms with Crippen molar-refractivity contribution in [2.45, 2.75) is 4.90 Å². The molecule has 2 rings (SSSR count). The molecular formula is C12H6F4INO2S. The van der Waals surface area contributed by atoms with Crippen LogP contribution in [0.2, 0.25) is 0 Å². The van der Waals surface area contributed by atoms with Gasteiger partial charge in [0.25, 0.3) is 10.0 Å². The Hall–Kier alpha value is -1.36. The molecule has 1 N–H and O–H groups in total. The quantitative estimate of drug-likeness (QED) is 0.459. The maximum atomic E-state index is 13.7. The number of sulfonamides is 1. The molecule has 0 atom stereocenters. The topological polar surface area (TPSA) is 46.2 Å². The molecule has 0 aliphatic carbocycles. The first-order valence-corrected chi connectivity index (χ1v) is 7.90. The fourth-order valence-electron chi connectivity index (χ4n) is 1.50. The van der Waals surface area contributed by atoms with Gasteiger partial charge >= 0.3 is 0 Å². The SMILES string of the molecule is O=S(=O)(Nc1ccc(F)c(I)c1F)c1cccc(F)c1F. The first-order valence-electron chi connectivity index (χ1n) is 5.34. The molecule has 21 heavy (non-hydrogen) atoms. The Bertz CT molecular complexity index is 811. The third kappa shape index (κ3) is 3.12. The number of anilines is 1. The summed E-state index contributed by atoms with van der Waals surface area (Å²) in [7, 11) is -4.55. The summed E-state index contributed by atoms with van der Waals surface area (Å²) in [5, 5.41) is 0. The van der Waals surface area contributed by atoms with E-state index in [1.165, 1.54) is 22.6 Å². The van der Waals surface area contributed by atoms with Gasteiger partial charge in [-0.15, -0.1) is 0 Å². The molecule has 2 aromatic carbocycles. The fraction of sp³-hybridized carbons (Fsp3) is 0. The molecule has 0 aliphatic heterocycles. The van der Waals surface area contributed by atoms with E-state index in [4.69, 9.17) is 0 Å². The molecule has 0 aliphatic rings. The smallest absolute Gasteiger partial charge is 0.265 e. The van der Waals surface area contributed by atoms with Gasteiger partial charge in [0.1, 0.15) is 10.7 Å². The molecule has 112 valence electrons. The van der Waals surface area contributed by atoms with Crippen molar-refractivity contribution in [2.75, 3.05) is 4.72 Å². The van der Waals surface area contributed by atoms with Crippen molar-refractivity contribution < 1.29 is 26.0 Å². The van der Waals surface area contributed by atoms with Crippen LogP contribution in [0, 0.1) is 26.8 Å². The van der Waals surface area contributed by atoms with E-state index in [-0.39, 0.29) is 0 Å². The second-order valence-corrected chi connectivity index (χ2v) is 6.61. The lowest BCUT2D eigenvalue weighted by Gasteiger charge is -2.11. The number of halogens is 5. The van der Waals surface area contributed by atoms with Crippen LogP contribution in [0.25, 0.3) is 0 Å². The van der Waals surface area contributed by atoms with Gasteiger partial charge in [0.2, 0.25) is 0 Å². The van der Waals surface area contributed by atoms with Crippen molar-refractivity contribution in [3.63, 3.8) is 0 Å². The number of hydrogen-bond donors (Lipinski definition) is 1. The lowest BCUT2D eigenvalue weighted by Crippen LogP contribution is -2.16. The van der Waals surface area contributed by atoms with Crippen molar-refractivity contribution in [1.82, 2.24) is 0 Å². The largest absolute Gasteiger partial charge is 0.277 e. The highest BCUT2D eigenvalue weighted by molar-refractivity contribution is 14.1. The predicted molar refractivity (Wildman–Crippen MR) is 76.2 cm³/mol. The van der Waals surface area contributed by atoms with Crippen molar-refractivity contribution >= 4 is 38.3 Å². The molecule has 3 nitrogen and oxygen atoms in total. The molecule has 2 aromatic rings. The summed E-state index contributed by atoms with van der Waals surface area (Å²) >= 11 is 1.35. The van der Waals surface area contributed by atoms with Gasteiger partial charge in [-0.1, -0.05) is 6.07 Å². The molecule has 0 saturated heterocycles. The highest BCUT2D eigenvalue weighted by Gasteiger charge is 2.23. The average molecular weight is 431 g/mol. The molecule has 0 bridgehead atoms. The predicted octanol–water partition coefficient (Wildman–Crippen LogP) is 3.65. The van der Waals surface area contributed by atoms with E-state index < -0.39 is 47.4 Å². The third-order valence-corrected chi connectivity index (χ3v) is 4.86. The summed E-state index contributed by atoms with van der Waals surface area (Å²) in [6, 6.07) is 4.27. The van der Waals surface area contributed by atoms with E-state index in [1.54, 1.807) is 4.72 Å². The first kappa shape index (κ1) is 16.0. The van der Waals surface area contributed by atoms with Gasteiger partial charge in [0.05, 0.1) is 9.26 Å². The van der Waals surface area contributed by atoms with Crippen LogP contribution in [0.1, 0.15) is 0 Å².